The van der Waals surface area contributed by atoms with Gasteiger partial charge >= 0.3 is 0 Å². The Morgan fingerprint density at radius 3 is 2.28 bits per heavy atom. The van der Waals surface area contributed by atoms with Gasteiger partial charge in [0.2, 0.25) is 5.91 Å². The number of carbonyl (C=O) groups is 1. The maximum absolute atomic E-state index is 12.5. The third kappa shape index (κ3) is 4.96. The molecule has 0 aromatic heterocycles. The van der Waals surface area contributed by atoms with E-state index in [4.69, 9.17) is 9.47 Å². The molecule has 29 heavy (non-hydrogen) atoms. The number of non-ortho nitro benzene ring substituents is 1. The number of nitrogens with zero attached hydrogens (tertiary/aromatic N) is 3. The van der Waals surface area contributed by atoms with Crippen LogP contribution in [0.4, 0.5) is 11.4 Å². The molecule has 0 saturated carbocycles. The van der Waals surface area contributed by atoms with Gasteiger partial charge in [0.1, 0.15) is 0 Å². The second-order valence-corrected chi connectivity index (χ2v) is 6.66. The fraction of sp³-hybridized carbons (Fsp3) is 0.333. The fourth-order valence-corrected chi connectivity index (χ4v) is 3.30. The zero-order chi connectivity index (χ0) is 20.8. The van der Waals surface area contributed by atoms with Crippen LogP contribution in [0.25, 0.3) is 0 Å². The molecular weight excluding hydrogens is 374 g/mol. The van der Waals surface area contributed by atoms with Gasteiger partial charge in [-0.05, 0) is 24.1 Å². The molecule has 0 spiro atoms. The quantitative estimate of drug-likeness (QED) is 0.527. The van der Waals surface area contributed by atoms with Crippen LogP contribution in [-0.2, 0) is 4.79 Å². The Morgan fingerprint density at radius 2 is 1.69 bits per heavy atom. The van der Waals surface area contributed by atoms with Crippen molar-refractivity contribution in [2.24, 2.45) is 0 Å². The number of amides is 1. The molecule has 153 valence electrons. The van der Waals surface area contributed by atoms with Crippen molar-refractivity contribution in [3.05, 3.63) is 64.6 Å². The summed E-state index contributed by atoms with van der Waals surface area (Å²) in [5.41, 5.74) is 1.87. The highest BCUT2D eigenvalue weighted by Crippen LogP contribution is 2.31. The van der Waals surface area contributed by atoms with Crippen molar-refractivity contribution in [3.63, 3.8) is 0 Å². The first-order valence-corrected chi connectivity index (χ1v) is 9.34. The smallest absolute Gasteiger partial charge is 0.269 e. The van der Waals surface area contributed by atoms with Crippen LogP contribution in [0, 0.1) is 16.5 Å². The van der Waals surface area contributed by atoms with Crippen LogP contribution in [0.2, 0.25) is 0 Å². The highest BCUT2D eigenvalue weighted by atomic mass is 16.6. The first-order chi connectivity index (χ1) is 14.0. The minimum Gasteiger partial charge on any atom is -0.493 e. The summed E-state index contributed by atoms with van der Waals surface area (Å²) in [6.07, 6.45) is 2.07. The Hall–Kier alpha value is -3.29. The van der Waals surface area contributed by atoms with Gasteiger partial charge in [-0.3, -0.25) is 14.9 Å². The van der Waals surface area contributed by atoms with Crippen molar-refractivity contribution in [1.82, 2.24) is 4.90 Å². The summed E-state index contributed by atoms with van der Waals surface area (Å²) in [5, 5.41) is 10.7. The lowest BCUT2D eigenvalue weighted by molar-refractivity contribution is -0.384. The van der Waals surface area contributed by atoms with E-state index in [1.807, 2.05) is 23.1 Å². The molecule has 2 aromatic rings. The number of hydrogen-bond donors (Lipinski definition) is 0. The number of piperazine rings is 1. The Morgan fingerprint density at radius 1 is 1.03 bits per heavy atom. The maximum Gasteiger partial charge on any atom is 0.269 e. The van der Waals surface area contributed by atoms with E-state index in [0.29, 0.717) is 24.6 Å². The summed E-state index contributed by atoms with van der Waals surface area (Å²) in [7, 11) is 3.22. The molecule has 1 aliphatic rings. The van der Waals surface area contributed by atoms with E-state index in [0.717, 1.165) is 24.3 Å². The molecule has 8 heteroatoms. The molecule has 0 unspecified atom stereocenters. The molecule has 0 atom stereocenters. The van der Waals surface area contributed by atoms with Crippen LogP contribution in [-0.4, -0.2) is 56.1 Å². The number of anilines is 1. The van der Waals surface area contributed by atoms with Crippen LogP contribution in [0.5, 0.6) is 11.5 Å². The molecule has 3 rings (SSSR count). The standard InChI is InChI=1S/C21H24N3O5/c1-28-19-9-8-18(15-20(19)29-2)22-11-13-23(14-12-22)21(25)10-5-16-3-6-17(7-4-16)24(26)27/h3-9,15H,10-14H2,1-2H3. The summed E-state index contributed by atoms with van der Waals surface area (Å²) in [5.74, 6) is 1.42. The normalized spacial score (nSPS) is 13.9. The second-order valence-electron chi connectivity index (χ2n) is 6.66. The van der Waals surface area contributed by atoms with Crippen LogP contribution in [0.3, 0.4) is 0 Å². The Balaban J connectivity index is 1.51. The molecule has 0 bridgehead atoms. The van der Waals surface area contributed by atoms with Crippen LogP contribution in [0.1, 0.15) is 12.0 Å². The monoisotopic (exact) mass is 398 g/mol. The molecule has 1 radical (unpaired) electrons. The highest BCUT2D eigenvalue weighted by Gasteiger charge is 2.22. The summed E-state index contributed by atoms with van der Waals surface area (Å²) in [6, 6.07) is 12.0. The summed E-state index contributed by atoms with van der Waals surface area (Å²) in [4.78, 5) is 26.8. The van der Waals surface area contributed by atoms with Crippen molar-refractivity contribution in [1.29, 1.82) is 0 Å². The molecule has 0 N–H and O–H groups in total. The van der Waals surface area contributed by atoms with E-state index in [-0.39, 0.29) is 18.0 Å². The molecule has 1 saturated heterocycles. The predicted octanol–water partition coefficient (Wildman–Crippen LogP) is 2.90. The van der Waals surface area contributed by atoms with Crippen molar-refractivity contribution in [2.45, 2.75) is 6.42 Å². The Bertz CT molecular complexity index is 861. The fourth-order valence-electron chi connectivity index (χ4n) is 3.30. The van der Waals surface area contributed by atoms with Crippen molar-refractivity contribution < 1.29 is 19.2 Å². The third-order valence-electron chi connectivity index (χ3n) is 4.98. The minimum atomic E-state index is -0.438. The van der Waals surface area contributed by atoms with Gasteiger partial charge in [-0.2, -0.15) is 0 Å². The minimum absolute atomic E-state index is 0.0414. The topological polar surface area (TPSA) is 85.2 Å². The van der Waals surface area contributed by atoms with Crippen LogP contribution in [0.15, 0.2) is 42.5 Å². The van der Waals surface area contributed by atoms with Gasteiger partial charge in [0.05, 0.1) is 19.1 Å². The average molecular weight is 398 g/mol. The molecule has 1 fully saturated rings. The van der Waals surface area contributed by atoms with Crippen molar-refractivity contribution >= 4 is 17.3 Å². The lowest BCUT2D eigenvalue weighted by Crippen LogP contribution is -2.48. The van der Waals surface area contributed by atoms with E-state index < -0.39 is 4.92 Å². The number of methoxy groups -OCH3 is 2. The number of carbonyl (C=O) groups excluding carboxylic acids is 1. The predicted molar refractivity (Wildman–Crippen MR) is 109 cm³/mol. The maximum atomic E-state index is 12.5. The molecule has 1 amide bonds. The summed E-state index contributed by atoms with van der Waals surface area (Å²) in [6.45, 7) is 2.75. The Kier molecular flexibility index (Phi) is 6.54. The van der Waals surface area contributed by atoms with E-state index in [1.54, 1.807) is 32.8 Å². The summed E-state index contributed by atoms with van der Waals surface area (Å²) < 4.78 is 10.6. The molecular formula is C21H24N3O5. The molecule has 1 heterocycles. The lowest BCUT2D eigenvalue weighted by atomic mass is 10.1. The number of benzene rings is 2. The van der Waals surface area contributed by atoms with Gasteiger partial charge in [0.25, 0.3) is 5.69 Å². The summed E-state index contributed by atoms with van der Waals surface area (Å²) >= 11 is 0. The molecule has 8 nitrogen and oxygen atoms in total. The number of nitro benzene ring substituents is 1. The molecule has 2 aromatic carbocycles. The van der Waals surface area contributed by atoms with Gasteiger partial charge in [0.15, 0.2) is 11.5 Å². The molecule has 1 aliphatic heterocycles. The third-order valence-corrected chi connectivity index (χ3v) is 4.98. The van der Waals surface area contributed by atoms with Gasteiger partial charge in [-0.1, -0.05) is 12.1 Å². The largest absolute Gasteiger partial charge is 0.493 e. The average Bonchev–Trinajstić information content (AvgIpc) is 2.77. The van der Waals surface area contributed by atoms with E-state index >= 15 is 0 Å². The highest BCUT2D eigenvalue weighted by molar-refractivity contribution is 5.78. The number of nitro groups is 1. The number of ether oxygens (including phenoxy) is 2. The zero-order valence-electron chi connectivity index (χ0n) is 16.5. The first kappa shape index (κ1) is 20.4. The first-order valence-electron chi connectivity index (χ1n) is 9.34. The van der Waals surface area contributed by atoms with Crippen molar-refractivity contribution in [3.8, 4) is 11.5 Å². The molecule has 0 aliphatic carbocycles. The van der Waals surface area contributed by atoms with Crippen LogP contribution < -0.4 is 14.4 Å². The number of hydrogen-bond acceptors (Lipinski definition) is 6. The lowest BCUT2D eigenvalue weighted by Gasteiger charge is -2.36. The van der Waals surface area contributed by atoms with E-state index in [9.17, 15) is 14.9 Å². The van der Waals surface area contributed by atoms with Gasteiger partial charge < -0.3 is 19.3 Å². The van der Waals surface area contributed by atoms with E-state index in [2.05, 4.69) is 4.90 Å². The number of rotatable bonds is 7. The van der Waals surface area contributed by atoms with E-state index in [1.165, 1.54) is 12.1 Å². The SMILES string of the molecule is COc1ccc(N2CCN(C(=O)C[CH]c3ccc([N+](=O)[O-])cc3)CC2)cc1OC. The zero-order valence-corrected chi connectivity index (χ0v) is 16.5. The van der Waals surface area contributed by atoms with Crippen molar-refractivity contribution in [2.75, 3.05) is 45.3 Å². The van der Waals surface area contributed by atoms with Gasteiger partial charge in [-0.25, -0.2) is 0 Å². The second kappa shape index (κ2) is 9.27. The van der Waals surface area contributed by atoms with Gasteiger partial charge in [-0.15, -0.1) is 0 Å². The Labute approximate surface area is 169 Å². The van der Waals surface area contributed by atoms with Crippen LogP contribution >= 0.6 is 0 Å². The van der Waals surface area contributed by atoms with Gasteiger partial charge in [0, 0.05) is 56.5 Å².